The molecule has 0 radical (unpaired) electrons. The van der Waals surface area contributed by atoms with E-state index in [0.29, 0.717) is 0 Å². The predicted octanol–water partition coefficient (Wildman–Crippen LogP) is 2.25. The SMILES string of the molecule is Cc1cc(N)c(C)cn1.Cc1cc(N)ccn1. The number of hydrogen-bond acceptors (Lipinski definition) is 4. The molecule has 0 fully saturated rings. The van der Waals surface area contributed by atoms with Gasteiger partial charge in [-0.15, -0.1) is 0 Å². The molecular weight excluding hydrogens is 212 g/mol. The highest BCUT2D eigenvalue weighted by molar-refractivity contribution is 5.45. The molecule has 17 heavy (non-hydrogen) atoms. The third-order valence-electron chi connectivity index (χ3n) is 2.20. The number of nitrogens with zero attached hydrogens (tertiary/aromatic N) is 2. The Kier molecular flexibility index (Phi) is 4.46. The van der Waals surface area contributed by atoms with Gasteiger partial charge in [-0.25, -0.2) is 0 Å². The number of aromatic nitrogens is 2. The molecule has 0 aromatic carbocycles. The van der Waals surface area contributed by atoms with Crippen LogP contribution in [0.15, 0.2) is 30.6 Å². The van der Waals surface area contributed by atoms with Crippen molar-refractivity contribution in [2.75, 3.05) is 11.5 Å². The lowest BCUT2D eigenvalue weighted by Gasteiger charge is -1.97. The predicted molar refractivity (Wildman–Crippen MR) is 71.5 cm³/mol. The van der Waals surface area contributed by atoms with E-state index in [1.165, 1.54) is 0 Å². The Balaban J connectivity index is 0.000000171. The van der Waals surface area contributed by atoms with Crippen molar-refractivity contribution in [3.8, 4) is 0 Å². The molecule has 0 saturated heterocycles. The van der Waals surface area contributed by atoms with Crippen LogP contribution in [0.2, 0.25) is 0 Å². The van der Waals surface area contributed by atoms with Crippen LogP contribution in [0, 0.1) is 20.8 Å². The first-order chi connectivity index (χ1) is 7.99. The summed E-state index contributed by atoms with van der Waals surface area (Å²) in [7, 11) is 0. The molecule has 2 rings (SSSR count). The smallest absolute Gasteiger partial charge is 0.0393 e. The third-order valence-corrected chi connectivity index (χ3v) is 2.20. The molecule has 0 spiro atoms. The summed E-state index contributed by atoms with van der Waals surface area (Å²) in [5.74, 6) is 0. The van der Waals surface area contributed by atoms with Gasteiger partial charge in [-0.05, 0) is 44.5 Å². The summed E-state index contributed by atoms with van der Waals surface area (Å²) in [6.45, 7) is 5.79. The van der Waals surface area contributed by atoms with E-state index in [0.717, 1.165) is 28.3 Å². The minimum atomic E-state index is 0.775. The van der Waals surface area contributed by atoms with Crippen LogP contribution in [0.3, 0.4) is 0 Å². The van der Waals surface area contributed by atoms with Gasteiger partial charge in [0.2, 0.25) is 0 Å². The van der Waals surface area contributed by atoms with E-state index >= 15 is 0 Å². The summed E-state index contributed by atoms with van der Waals surface area (Å²) in [6.07, 6.45) is 3.48. The van der Waals surface area contributed by atoms with Crippen molar-refractivity contribution in [1.82, 2.24) is 9.97 Å². The van der Waals surface area contributed by atoms with E-state index in [1.807, 2.05) is 32.9 Å². The van der Waals surface area contributed by atoms with Crippen LogP contribution in [-0.4, -0.2) is 9.97 Å². The zero-order chi connectivity index (χ0) is 12.8. The number of hydrogen-bond donors (Lipinski definition) is 2. The van der Waals surface area contributed by atoms with Gasteiger partial charge in [0.25, 0.3) is 0 Å². The van der Waals surface area contributed by atoms with Crippen molar-refractivity contribution in [2.45, 2.75) is 20.8 Å². The lowest BCUT2D eigenvalue weighted by Crippen LogP contribution is -1.91. The molecule has 0 amide bonds. The summed E-state index contributed by atoms with van der Waals surface area (Å²) in [4.78, 5) is 8.02. The fourth-order valence-electron chi connectivity index (χ4n) is 1.22. The van der Waals surface area contributed by atoms with Gasteiger partial charge in [-0.3, -0.25) is 9.97 Å². The Labute approximate surface area is 102 Å². The lowest BCUT2D eigenvalue weighted by molar-refractivity contribution is 1.17. The molecule has 2 heterocycles. The Morgan fingerprint density at radius 2 is 1.59 bits per heavy atom. The Morgan fingerprint density at radius 1 is 0.941 bits per heavy atom. The Hall–Kier alpha value is -2.10. The van der Waals surface area contributed by atoms with E-state index in [-0.39, 0.29) is 0 Å². The minimum absolute atomic E-state index is 0.775. The quantitative estimate of drug-likeness (QED) is 0.727. The molecule has 0 aliphatic carbocycles. The maximum Gasteiger partial charge on any atom is 0.0393 e. The monoisotopic (exact) mass is 230 g/mol. The average molecular weight is 230 g/mol. The Bertz CT molecular complexity index is 477. The number of nitrogens with two attached hydrogens (primary N) is 2. The third kappa shape index (κ3) is 4.51. The highest BCUT2D eigenvalue weighted by atomic mass is 14.7. The van der Waals surface area contributed by atoms with Crippen molar-refractivity contribution in [1.29, 1.82) is 0 Å². The molecule has 4 N–H and O–H groups in total. The molecule has 90 valence electrons. The molecular formula is C13H18N4. The summed E-state index contributed by atoms with van der Waals surface area (Å²) < 4.78 is 0. The van der Waals surface area contributed by atoms with Crippen molar-refractivity contribution >= 4 is 11.4 Å². The number of aryl methyl sites for hydroxylation is 3. The lowest BCUT2D eigenvalue weighted by atomic mass is 10.2. The minimum Gasteiger partial charge on any atom is -0.399 e. The van der Waals surface area contributed by atoms with Gasteiger partial charge >= 0.3 is 0 Å². The standard InChI is InChI=1S/C7H10N2.C6H8N2/c1-5-4-9-6(2)3-7(5)8;1-5-4-6(7)2-3-8-5/h3-4H,1-2H3,(H2,8,9);2-4H,1H3,(H2,7,8). The van der Waals surface area contributed by atoms with Crippen LogP contribution in [0.1, 0.15) is 17.0 Å². The van der Waals surface area contributed by atoms with Gasteiger partial charge in [0.1, 0.15) is 0 Å². The van der Waals surface area contributed by atoms with Crippen LogP contribution >= 0.6 is 0 Å². The van der Waals surface area contributed by atoms with Crippen LogP contribution < -0.4 is 11.5 Å². The number of rotatable bonds is 0. The van der Waals surface area contributed by atoms with Crippen LogP contribution in [0.4, 0.5) is 11.4 Å². The van der Waals surface area contributed by atoms with E-state index in [1.54, 1.807) is 18.5 Å². The number of pyridine rings is 2. The summed E-state index contributed by atoms with van der Waals surface area (Å²) >= 11 is 0. The molecule has 0 aliphatic rings. The molecule has 0 aliphatic heterocycles. The maximum absolute atomic E-state index is 5.58. The summed E-state index contributed by atoms with van der Waals surface area (Å²) in [5, 5.41) is 0. The molecule has 0 atom stereocenters. The topological polar surface area (TPSA) is 77.8 Å². The average Bonchev–Trinajstić information content (AvgIpc) is 2.24. The summed E-state index contributed by atoms with van der Waals surface area (Å²) in [5.41, 5.74) is 15.6. The first-order valence-electron chi connectivity index (χ1n) is 5.36. The van der Waals surface area contributed by atoms with E-state index in [9.17, 15) is 0 Å². The zero-order valence-corrected chi connectivity index (χ0v) is 10.4. The molecule has 4 nitrogen and oxygen atoms in total. The normalized spacial score (nSPS) is 9.35. The zero-order valence-electron chi connectivity index (χ0n) is 10.4. The Morgan fingerprint density at radius 3 is 2.00 bits per heavy atom. The summed E-state index contributed by atoms with van der Waals surface area (Å²) in [6, 6.07) is 5.47. The van der Waals surface area contributed by atoms with Crippen LogP contribution in [0.25, 0.3) is 0 Å². The first-order valence-corrected chi connectivity index (χ1v) is 5.36. The van der Waals surface area contributed by atoms with E-state index in [2.05, 4.69) is 9.97 Å². The highest BCUT2D eigenvalue weighted by Crippen LogP contribution is 2.08. The van der Waals surface area contributed by atoms with E-state index in [4.69, 9.17) is 11.5 Å². The largest absolute Gasteiger partial charge is 0.399 e. The van der Waals surface area contributed by atoms with Crippen LogP contribution in [-0.2, 0) is 0 Å². The van der Waals surface area contributed by atoms with Gasteiger partial charge in [-0.1, -0.05) is 0 Å². The molecule has 0 saturated carbocycles. The van der Waals surface area contributed by atoms with Crippen molar-refractivity contribution in [3.63, 3.8) is 0 Å². The molecule has 2 aromatic rings. The maximum atomic E-state index is 5.58. The molecule has 0 unspecified atom stereocenters. The van der Waals surface area contributed by atoms with Gasteiger partial charge in [0.15, 0.2) is 0 Å². The number of nitrogen functional groups attached to an aromatic ring is 2. The van der Waals surface area contributed by atoms with Crippen molar-refractivity contribution < 1.29 is 0 Å². The first kappa shape index (κ1) is 13.0. The number of anilines is 2. The van der Waals surface area contributed by atoms with Crippen molar-refractivity contribution in [2.24, 2.45) is 0 Å². The van der Waals surface area contributed by atoms with Gasteiger partial charge in [0, 0.05) is 35.2 Å². The second-order valence-electron chi connectivity index (χ2n) is 3.91. The fourth-order valence-corrected chi connectivity index (χ4v) is 1.22. The van der Waals surface area contributed by atoms with Crippen molar-refractivity contribution in [3.05, 3.63) is 47.5 Å². The fraction of sp³-hybridized carbons (Fsp3) is 0.231. The second-order valence-corrected chi connectivity index (χ2v) is 3.91. The van der Waals surface area contributed by atoms with Crippen LogP contribution in [0.5, 0.6) is 0 Å². The second kappa shape index (κ2) is 5.84. The highest BCUT2D eigenvalue weighted by Gasteiger charge is 1.91. The molecule has 4 heteroatoms. The van der Waals surface area contributed by atoms with Gasteiger partial charge in [0.05, 0.1) is 0 Å². The van der Waals surface area contributed by atoms with Gasteiger partial charge in [-0.2, -0.15) is 0 Å². The molecule has 2 aromatic heterocycles. The molecule has 0 bridgehead atoms. The van der Waals surface area contributed by atoms with E-state index < -0.39 is 0 Å². The van der Waals surface area contributed by atoms with Gasteiger partial charge < -0.3 is 11.5 Å².